The fourth-order valence-corrected chi connectivity index (χ4v) is 2.23. The summed E-state index contributed by atoms with van der Waals surface area (Å²) in [4.78, 5) is 7.96. The largest absolute Gasteiger partial charge is 0.319 e. The molecule has 0 radical (unpaired) electrons. The number of aromatic nitrogens is 6. The Morgan fingerprint density at radius 2 is 1.45 bits per heavy atom. The summed E-state index contributed by atoms with van der Waals surface area (Å²) in [6, 6.07) is 0. The molecule has 2 heterocycles. The van der Waals surface area contributed by atoms with Crippen molar-refractivity contribution >= 4 is 8.25 Å². The van der Waals surface area contributed by atoms with Gasteiger partial charge < -0.3 is 9.05 Å². The van der Waals surface area contributed by atoms with E-state index in [9.17, 15) is 4.57 Å². The molecule has 10 heteroatoms. The van der Waals surface area contributed by atoms with Crippen molar-refractivity contribution in [2.24, 2.45) is 0 Å². The second-order valence-electron chi connectivity index (χ2n) is 3.98. The molecular formula is C10H17N6O3P. The Morgan fingerprint density at radius 1 is 0.950 bits per heavy atom. The third kappa shape index (κ3) is 5.60. The average molecular weight is 300 g/mol. The molecule has 0 aliphatic heterocycles. The highest BCUT2D eigenvalue weighted by atomic mass is 31.1. The van der Waals surface area contributed by atoms with Gasteiger partial charge in [-0.15, -0.1) is 0 Å². The summed E-state index contributed by atoms with van der Waals surface area (Å²) < 4.78 is 21.6. The van der Waals surface area contributed by atoms with Gasteiger partial charge in [0, 0.05) is 12.8 Å². The molecule has 2 aromatic heterocycles. The van der Waals surface area contributed by atoms with Crippen LogP contribution in [0.2, 0.25) is 0 Å². The van der Waals surface area contributed by atoms with E-state index in [0.717, 1.165) is 11.6 Å². The predicted molar refractivity (Wildman–Crippen MR) is 70.3 cm³/mol. The molecule has 9 nitrogen and oxygen atoms in total. The van der Waals surface area contributed by atoms with Crippen molar-refractivity contribution in [1.82, 2.24) is 30.4 Å². The highest BCUT2D eigenvalue weighted by Gasteiger charge is 2.02. The van der Waals surface area contributed by atoms with Gasteiger partial charge in [-0.3, -0.25) is 14.8 Å². The van der Waals surface area contributed by atoms with Crippen LogP contribution < -0.4 is 0 Å². The minimum atomic E-state index is -2.42. The lowest BCUT2D eigenvalue weighted by Gasteiger charge is -2.04. The Hall–Kier alpha value is -1.57. The molecule has 20 heavy (non-hydrogen) atoms. The van der Waals surface area contributed by atoms with Crippen molar-refractivity contribution in [3.8, 4) is 0 Å². The van der Waals surface area contributed by atoms with Crippen LogP contribution in [-0.2, 0) is 26.5 Å². The molecular weight excluding hydrogens is 283 g/mol. The maximum atomic E-state index is 11.4. The molecule has 0 saturated carbocycles. The number of nitrogens with one attached hydrogen (secondary N) is 2. The first-order chi connectivity index (χ1) is 9.84. The summed E-state index contributed by atoms with van der Waals surface area (Å²) in [7, 11) is -2.42. The maximum Gasteiger partial charge on any atom is 0.319 e. The van der Waals surface area contributed by atoms with Crippen molar-refractivity contribution in [1.29, 1.82) is 0 Å². The van der Waals surface area contributed by atoms with Crippen LogP contribution in [0.3, 0.4) is 0 Å². The van der Waals surface area contributed by atoms with Crippen molar-refractivity contribution in [3.63, 3.8) is 0 Å². The van der Waals surface area contributed by atoms with Crippen LogP contribution in [0.15, 0.2) is 12.7 Å². The standard InChI is InChI=1S/C10H17N6O3P/c17-20(18-5-1-3-9-11-7-13-15-9)19-6-2-4-10-12-8-14-16-10/h7-8,20H,1-6H2,(H,11,13,15)(H,12,14,16). The molecule has 0 aliphatic rings. The molecule has 0 aromatic carbocycles. The van der Waals surface area contributed by atoms with Gasteiger partial charge in [-0.05, 0) is 12.8 Å². The quantitative estimate of drug-likeness (QED) is 0.494. The smallest absolute Gasteiger partial charge is 0.311 e. The summed E-state index contributed by atoms with van der Waals surface area (Å²) >= 11 is 0. The molecule has 0 unspecified atom stereocenters. The van der Waals surface area contributed by atoms with Crippen molar-refractivity contribution in [2.75, 3.05) is 13.2 Å². The van der Waals surface area contributed by atoms with Gasteiger partial charge >= 0.3 is 8.25 Å². The molecule has 2 N–H and O–H groups in total. The SMILES string of the molecule is O=[PH](OCCCc1nc[nH]n1)OCCCc1nc[nH]n1. The lowest BCUT2D eigenvalue weighted by atomic mass is 10.3. The summed E-state index contributed by atoms with van der Waals surface area (Å²) in [5, 5.41) is 13.1. The second kappa shape index (κ2) is 8.57. The van der Waals surface area contributed by atoms with Gasteiger partial charge in [0.25, 0.3) is 0 Å². The molecule has 2 rings (SSSR count). The van der Waals surface area contributed by atoms with Gasteiger partial charge in [-0.2, -0.15) is 10.2 Å². The third-order valence-corrected chi connectivity index (χ3v) is 3.34. The molecule has 2 aromatic rings. The highest BCUT2D eigenvalue weighted by Crippen LogP contribution is 2.24. The van der Waals surface area contributed by atoms with E-state index in [1.807, 2.05) is 0 Å². The van der Waals surface area contributed by atoms with E-state index >= 15 is 0 Å². The van der Waals surface area contributed by atoms with E-state index in [1.54, 1.807) is 0 Å². The van der Waals surface area contributed by atoms with Crippen LogP contribution >= 0.6 is 8.25 Å². The minimum Gasteiger partial charge on any atom is -0.311 e. The lowest BCUT2D eigenvalue weighted by molar-refractivity contribution is 0.221. The van der Waals surface area contributed by atoms with Gasteiger partial charge in [0.15, 0.2) is 0 Å². The van der Waals surface area contributed by atoms with E-state index in [2.05, 4.69) is 30.4 Å². The third-order valence-electron chi connectivity index (χ3n) is 2.46. The van der Waals surface area contributed by atoms with Crippen LogP contribution in [-0.4, -0.2) is 43.6 Å². The molecule has 0 aliphatic carbocycles. The molecule has 0 bridgehead atoms. The number of rotatable bonds is 10. The van der Waals surface area contributed by atoms with Gasteiger partial charge in [-0.1, -0.05) is 0 Å². The van der Waals surface area contributed by atoms with Crippen molar-refractivity contribution in [3.05, 3.63) is 24.3 Å². The number of aryl methyl sites for hydroxylation is 2. The predicted octanol–water partition coefficient (Wildman–Crippen LogP) is 0.911. The Bertz CT molecular complexity index is 445. The lowest BCUT2D eigenvalue weighted by Crippen LogP contribution is -1.97. The molecule has 110 valence electrons. The molecule has 0 saturated heterocycles. The normalized spacial score (nSPS) is 11.2. The fourth-order valence-electron chi connectivity index (χ4n) is 1.53. The number of hydrogen-bond acceptors (Lipinski definition) is 7. The topological polar surface area (TPSA) is 119 Å². The summed E-state index contributed by atoms with van der Waals surface area (Å²) in [6.07, 6.45) is 5.82. The Kier molecular flexibility index (Phi) is 6.36. The number of nitrogens with zero attached hydrogens (tertiary/aromatic N) is 4. The zero-order chi connectivity index (χ0) is 14.0. The fraction of sp³-hybridized carbons (Fsp3) is 0.600. The van der Waals surface area contributed by atoms with E-state index < -0.39 is 8.25 Å². The van der Waals surface area contributed by atoms with E-state index in [0.29, 0.717) is 38.9 Å². The number of H-pyrrole nitrogens is 2. The number of hydrogen-bond donors (Lipinski definition) is 2. The van der Waals surface area contributed by atoms with Crippen molar-refractivity contribution < 1.29 is 13.6 Å². The molecule has 0 amide bonds. The average Bonchev–Trinajstić information content (AvgIpc) is 3.13. The first-order valence-electron chi connectivity index (χ1n) is 6.33. The zero-order valence-electron chi connectivity index (χ0n) is 10.9. The first kappa shape index (κ1) is 14.8. The minimum absolute atomic E-state index is 0.368. The van der Waals surface area contributed by atoms with Gasteiger partial charge in [0.2, 0.25) is 0 Å². The Labute approximate surface area is 116 Å². The van der Waals surface area contributed by atoms with E-state index in [-0.39, 0.29) is 0 Å². The summed E-state index contributed by atoms with van der Waals surface area (Å²) in [5.74, 6) is 1.45. The van der Waals surface area contributed by atoms with E-state index in [1.165, 1.54) is 12.7 Å². The maximum absolute atomic E-state index is 11.4. The van der Waals surface area contributed by atoms with Crippen LogP contribution in [0, 0.1) is 0 Å². The number of aromatic amines is 2. The van der Waals surface area contributed by atoms with Crippen LogP contribution in [0.25, 0.3) is 0 Å². The second-order valence-corrected chi connectivity index (χ2v) is 5.06. The first-order valence-corrected chi connectivity index (χ1v) is 7.56. The van der Waals surface area contributed by atoms with Crippen LogP contribution in [0.4, 0.5) is 0 Å². The Morgan fingerprint density at radius 3 is 1.85 bits per heavy atom. The van der Waals surface area contributed by atoms with Crippen molar-refractivity contribution in [2.45, 2.75) is 25.7 Å². The summed E-state index contributed by atoms with van der Waals surface area (Å²) in [6.45, 7) is 0.737. The Balaban J connectivity index is 1.46. The summed E-state index contributed by atoms with van der Waals surface area (Å²) in [5.41, 5.74) is 0. The van der Waals surface area contributed by atoms with Crippen LogP contribution in [0.1, 0.15) is 24.5 Å². The molecule has 0 fully saturated rings. The highest BCUT2D eigenvalue weighted by molar-refractivity contribution is 7.33. The van der Waals surface area contributed by atoms with Gasteiger partial charge in [0.05, 0.1) is 13.2 Å². The van der Waals surface area contributed by atoms with E-state index in [4.69, 9.17) is 9.05 Å². The molecule has 0 spiro atoms. The molecule has 0 atom stereocenters. The van der Waals surface area contributed by atoms with Gasteiger partial charge in [-0.25, -0.2) is 9.97 Å². The monoisotopic (exact) mass is 300 g/mol. The van der Waals surface area contributed by atoms with Gasteiger partial charge in [0.1, 0.15) is 24.3 Å². The zero-order valence-corrected chi connectivity index (χ0v) is 11.9. The van der Waals surface area contributed by atoms with Crippen LogP contribution in [0.5, 0.6) is 0 Å².